The Morgan fingerprint density at radius 2 is 1.74 bits per heavy atom. The average molecular weight is 266 g/mol. The standard InChI is InChI=1S/C14H26N4O/c15-14(17-8-10-19-11-9-17)18-7-3-4-13(18)12-16-5-1-2-6-16/h13,15H,1-12H2/t13-/m0/s1. The molecule has 0 aromatic heterocycles. The lowest BCUT2D eigenvalue weighted by Gasteiger charge is -2.37. The molecule has 3 aliphatic heterocycles. The molecular weight excluding hydrogens is 240 g/mol. The fourth-order valence-corrected chi connectivity index (χ4v) is 3.52. The quantitative estimate of drug-likeness (QED) is 0.593. The Bertz CT molecular complexity index is 311. The van der Waals surface area contributed by atoms with Gasteiger partial charge in [-0.15, -0.1) is 0 Å². The van der Waals surface area contributed by atoms with Crippen molar-refractivity contribution in [1.29, 1.82) is 5.41 Å². The highest BCUT2D eigenvalue weighted by Crippen LogP contribution is 2.21. The molecule has 0 spiro atoms. The van der Waals surface area contributed by atoms with E-state index in [0.717, 1.165) is 45.4 Å². The lowest BCUT2D eigenvalue weighted by atomic mass is 10.2. The van der Waals surface area contributed by atoms with E-state index < -0.39 is 0 Å². The van der Waals surface area contributed by atoms with Gasteiger partial charge in [-0.1, -0.05) is 0 Å². The van der Waals surface area contributed by atoms with E-state index in [0.29, 0.717) is 6.04 Å². The summed E-state index contributed by atoms with van der Waals surface area (Å²) in [6.45, 7) is 8.05. The van der Waals surface area contributed by atoms with Gasteiger partial charge in [0, 0.05) is 32.2 Å². The molecule has 3 aliphatic rings. The van der Waals surface area contributed by atoms with Gasteiger partial charge in [0.15, 0.2) is 5.96 Å². The zero-order valence-corrected chi connectivity index (χ0v) is 11.8. The third-order valence-electron chi connectivity index (χ3n) is 4.63. The van der Waals surface area contributed by atoms with E-state index >= 15 is 0 Å². The van der Waals surface area contributed by atoms with E-state index in [9.17, 15) is 0 Å². The largest absolute Gasteiger partial charge is 0.378 e. The molecular formula is C14H26N4O. The number of rotatable bonds is 2. The first-order valence-electron chi connectivity index (χ1n) is 7.75. The average Bonchev–Trinajstić information content (AvgIpc) is 3.11. The van der Waals surface area contributed by atoms with Crippen LogP contribution in [0.25, 0.3) is 0 Å². The normalized spacial score (nSPS) is 29.2. The highest BCUT2D eigenvalue weighted by atomic mass is 16.5. The summed E-state index contributed by atoms with van der Waals surface area (Å²) >= 11 is 0. The highest BCUT2D eigenvalue weighted by Gasteiger charge is 2.31. The number of hydrogen-bond donors (Lipinski definition) is 1. The van der Waals surface area contributed by atoms with Crippen LogP contribution in [0.15, 0.2) is 0 Å². The van der Waals surface area contributed by atoms with Crippen molar-refractivity contribution >= 4 is 5.96 Å². The Morgan fingerprint density at radius 3 is 2.47 bits per heavy atom. The minimum Gasteiger partial charge on any atom is -0.378 e. The van der Waals surface area contributed by atoms with Gasteiger partial charge in [-0.05, 0) is 38.8 Å². The van der Waals surface area contributed by atoms with Crippen molar-refractivity contribution in [2.24, 2.45) is 0 Å². The smallest absolute Gasteiger partial charge is 0.194 e. The predicted octanol–water partition coefficient (Wildman–Crippen LogP) is 0.814. The van der Waals surface area contributed by atoms with Crippen molar-refractivity contribution in [3.63, 3.8) is 0 Å². The van der Waals surface area contributed by atoms with Gasteiger partial charge in [-0.3, -0.25) is 5.41 Å². The summed E-state index contributed by atoms with van der Waals surface area (Å²) < 4.78 is 5.38. The summed E-state index contributed by atoms with van der Waals surface area (Å²) in [5.41, 5.74) is 0. The van der Waals surface area contributed by atoms with Crippen LogP contribution in [0.5, 0.6) is 0 Å². The van der Waals surface area contributed by atoms with Crippen LogP contribution in [0, 0.1) is 5.41 Å². The second kappa shape index (κ2) is 6.09. The molecule has 0 aliphatic carbocycles. The van der Waals surface area contributed by atoms with Crippen LogP contribution in [0.1, 0.15) is 25.7 Å². The fraction of sp³-hybridized carbons (Fsp3) is 0.929. The van der Waals surface area contributed by atoms with Gasteiger partial charge in [0.2, 0.25) is 0 Å². The van der Waals surface area contributed by atoms with Crippen LogP contribution in [0.2, 0.25) is 0 Å². The van der Waals surface area contributed by atoms with Crippen molar-refractivity contribution in [3.8, 4) is 0 Å². The Balaban J connectivity index is 1.56. The molecule has 0 aromatic rings. The number of nitrogens with zero attached hydrogens (tertiary/aromatic N) is 3. The second-order valence-corrected chi connectivity index (χ2v) is 5.92. The zero-order chi connectivity index (χ0) is 13.1. The van der Waals surface area contributed by atoms with E-state index in [4.69, 9.17) is 10.1 Å². The molecule has 3 fully saturated rings. The van der Waals surface area contributed by atoms with Gasteiger partial charge in [-0.2, -0.15) is 0 Å². The monoisotopic (exact) mass is 266 g/mol. The molecule has 19 heavy (non-hydrogen) atoms. The molecule has 1 atom stereocenters. The SMILES string of the molecule is N=C(N1CCOCC1)N1CCC[C@H]1CN1CCCC1. The third kappa shape index (κ3) is 3.03. The van der Waals surface area contributed by atoms with Crippen molar-refractivity contribution in [3.05, 3.63) is 0 Å². The van der Waals surface area contributed by atoms with Gasteiger partial charge in [0.1, 0.15) is 0 Å². The van der Waals surface area contributed by atoms with E-state index in [1.54, 1.807) is 0 Å². The van der Waals surface area contributed by atoms with Crippen LogP contribution >= 0.6 is 0 Å². The molecule has 5 heteroatoms. The number of morpholine rings is 1. The molecule has 3 heterocycles. The summed E-state index contributed by atoms with van der Waals surface area (Å²) in [7, 11) is 0. The van der Waals surface area contributed by atoms with E-state index in [1.165, 1.54) is 38.8 Å². The molecule has 0 amide bonds. The Hall–Kier alpha value is -0.810. The summed E-state index contributed by atoms with van der Waals surface area (Å²) in [6, 6.07) is 0.563. The molecule has 1 N–H and O–H groups in total. The highest BCUT2D eigenvalue weighted by molar-refractivity contribution is 5.77. The molecule has 0 saturated carbocycles. The van der Waals surface area contributed by atoms with E-state index in [1.807, 2.05) is 0 Å². The van der Waals surface area contributed by atoms with Crippen molar-refractivity contribution in [2.75, 3.05) is 52.5 Å². The van der Waals surface area contributed by atoms with Gasteiger partial charge in [0.25, 0.3) is 0 Å². The van der Waals surface area contributed by atoms with Gasteiger partial charge in [-0.25, -0.2) is 0 Å². The number of hydrogen-bond acceptors (Lipinski definition) is 3. The maximum absolute atomic E-state index is 8.46. The van der Waals surface area contributed by atoms with E-state index in [2.05, 4.69) is 14.7 Å². The van der Waals surface area contributed by atoms with Crippen LogP contribution in [-0.2, 0) is 4.74 Å². The zero-order valence-electron chi connectivity index (χ0n) is 11.8. The maximum atomic E-state index is 8.46. The van der Waals surface area contributed by atoms with Crippen LogP contribution in [-0.4, -0.2) is 79.2 Å². The van der Waals surface area contributed by atoms with E-state index in [-0.39, 0.29) is 0 Å². The van der Waals surface area contributed by atoms with Crippen molar-refractivity contribution < 1.29 is 4.74 Å². The molecule has 3 rings (SSSR count). The lowest BCUT2D eigenvalue weighted by Crippen LogP contribution is -2.52. The molecule has 0 bridgehead atoms. The molecule has 3 saturated heterocycles. The number of guanidine groups is 1. The van der Waals surface area contributed by atoms with Crippen LogP contribution in [0.3, 0.4) is 0 Å². The number of ether oxygens (including phenoxy) is 1. The van der Waals surface area contributed by atoms with Crippen molar-refractivity contribution in [2.45, 2.75) is 31.7 Å². The van der Waals surface area contributed by atoms with Crippen LogP contribution in [0.4, 0.5) is 0 Å². The molecule has 0 radical (unpaired) electrons. The first-order chi connectivity index (χ1) is 9.34. The Kier molecular flexibility index (Phi) is 4.23. The molecule has 5 nitrogen and oxygen atoms in total. The van der Waals surface area contributed by atoms with Gasteiger partial charge < -0.3 is 19.4 Å². The van der Waals surface area contributed by atoms with Crippen molar-refractivity contribution in [1.82, 2.24) is 14.7 Å². The first kappa shape index (κ1) is 13.2. The summed E-state index contributed by atoms with van der Waals surface area (Å²) in [5, 5.41) is 8.46. The minimum atomic E-state index is 0.563. The second-order valence-electron chi connectivity index (χ2n) is 5.92. The first-order valence-corrected chi connectivity index (χ1v) is 7.75. The lowest BCUT2D eigenvalue weighted by molar-refractivity contribution is 0.0605. The predicted molar refractivity (Wildman–Crippen MR) is 75.5 cm³/mol. The van der Waals surface area contributed by atoms with Gasteiger partial charge >= 0.3 is 0 Å². The fourth-order valence-electron chi connectivity index (χ4n) is 3.52. The minimum absolute atomic E-state index is 0.563. The Morgan fingerprint density at radius 1 is 1.00 bits per heavy atom. The van der Waals surface area contributed by atoms with Gasteiger partial charge in [0.05, 0.1) is 13.2 Å². The topological polar surface area (TPSA) is 42.8 Å². The number of nitrogens with one attached hydrogen (secondary N) is 1. The molecule has 108 valence electrons. The summed E-state index contributed by atoms with van der Waals surface area (Å²) in [4.78, 5) is 7.10. The van der Waals surface area contributed by atoms with Crippen LogP contribution < -0.4 is 0 Å². The summed E-state index contributed by atoms with van der Waals surface area (Å²) in [6.07, 6.45) is 5.20. The summed E-state index contributed by atoms with van der Waals surface area (Å²) in [5.74, 6) is 0.741. The maximum Gasteiger partial charge on any atom is 0.194 e. The molecule has 0 aromatic carbocycles. The number of likely N-dealkylation sites (tertiary alicyclic amines) is 2. The molecule has 0 unspecified atom stereocenters. The third-order valence-corrected chi connectivity index (χ3v) is 4.63. The Labute approximate surface area is 116 Å².